The highest BCUT2D eigenvalue weighted by molar-refractivity contribution is 9.10. The minimum atomic E-state index is 0.198. The van der Waals surface area contributed by atoms with Gasteiger partial charge in [-0.1, -0.05) is 33.6 Å². The van der Waals surface area contributed by atoms with Crippen LogP contribution in [0.25, 0.3) is 0 Å². The molecule has 76 valence electrons. The van der Waals surface area contributed by atoms with E-state index < -0.39 is 0 Å². The average Bonchev–Trinajstić information content (AvgIpc) is 2.84. The Morgan fingerprint density at radius 1 is 1.50 bits per heavy atom. The molecule has 1 aliphatic rings. The largest absolute Gasteiger partial charge is 0.327 e. The molecule has 0 aromatic heterocycles. The zero-order chi connectivity index (χ0) is 10.3. The van der Waals surface area contributed by atoms with Crippen LogP contribution in [0.5, 0.6) is 0 Å². The summed E-state index contributed by atoms with van der Waals surface area (Å²) in [5.74, 6) is 0. The van der Waals surface area contributed by atoms with Crippen LogP contribution in [0.1, 0.15) is 25.3 Å². The van der Waals surface area contributed by atoms with Gasteiger partial charge in [0.15, 0.2) is 0 Å². The summed E-state index contributed by atoms with van der Waals surface area (Å²) in [7, 11) is 0. The predicted octanol–water partition coefficient (Wildman–Crippen LogP) is 3.48. The first-order valence-electron chi connectivity index (χ1n) is 4.77. The van der Waals surface area contributed by atoms with E-state index in [4.69, 9.17) is 17.3 Å². The van der Waals surface area contributed by atoms with Crippen LogP contribution in [-0.4, -0.2) is 6.04 Å². The minimum Gasteiger partial charge on any atom is -0.327 e. The molecule has 0 aliphatic heterocycles. The van der Waals surface area contributed by atoms with E-state index >= 15 is 0 Å². The lowest BCUT2D eigenvalue weighted by atomic mass is 9.90. The van der Waals surface area contributed by atoms with Crippen LogP contribution in [-0.2, 0) is 5.41 Å². The van der Waals surface area contributed by atoms with Gasteiger partial charge in [0.2, 0.25) is 0 Å². The number of halogens is 2. The molecule has 0 amide bonds. The Kier molecular flexibility index (Phi) is 2.63. The summed E-state index contributed by atoms with van der Waals surface area (Å²) in [5, 5.41) is 0.765. The SMILES string of the molecule is CC(N)C1(c2ccc(Cl)cc2Br)CC1. The smallest absolute Gasteiger partial charge is 0.0417 e. The van der Waals surface area contributed by atoms with Crippen molar-refractivity contribution in [2.24, 2.45) is 5.73 Å². The van der Waals surface area contributed by atoms with E-state index in [1.165, 1.54) is 18.4 Å². The first-order valence-corrected chi connectivity index (χ1v) is 5.94. The zero-order valence-electron chi connectivity index (χ0n) is 8.06. The van der Waals surface area contributed by atoms with Crippen molar-refractivity contribution in [1.29, 1.82) is 0 Å². The maximum absolute atomic E-state index is 6.02. The van der Waals surface area contributed by atoms with Gasteiger partial charge < -0.3 is 5.73 Å². The highest BCUT2D eigenvalue weighted by Crippen LogP contribution is 2.52. The fourth-order valence-electron chi connectivity index (χ4n) is 2.00. The van der Waals surface area contributed by atoms with Crippen molar-refractivity contribution in [2.45, 2.75) is 31.2 Å². The molecule has 1 aromatic rings. The van der Waals surface area contributed by atoms with Crippen LogP contribution in [0.15, 0.2) is 22.7 Å². The normalized spacial score (nSPS) is 20.6. The molecule has 1 nitrogen and oxygen atoms in total. The quantitative estimate of drug-likeness (QED) is 0.878. The summed E-state index contributed by atoms with van der Waals surface area (Å²) in [4.78, 5) is 0. The third-order valence-corrected chi connectivity index (χ3v) is 4.02. The second-order valence-electron chi connectivity index (χ2n) is 4.07. The summed E-state index contributed by atoms with van der Waals surface area (Å²) in [6.07, 6.45) is 2.37. The minimum absolute atomic E-state index is 0.198. The molecule has 1 unspecified atom stereocenters. The number of hydrogen-bond acceptors (Lipinski definition) is 1. The topological polar surface area (TPSA) is 26.0 Å². The molecule has 0 heterocycles. The maximum Gasteiger partial charge on any atom is 0.0417 e. The molecular formula is C11H13BrClN. The molecule has 0 bridgehead atoms. The molecule has 0 spiro atoms. The molecule has 1 saturated carbocycles. The lowest BCUT2D eigenvalue weighted by molar-refractivity contribution is 0.554. The standard InChI is InChI=1S/C11H13BrClN/c1-7(14)11(4-5-11)9-3-2-8(13)6-10(9)12/h2-3,6-7H,4-5,14H2,1H3. The van der Waals surface area contributed by atoms with Crippen molar-refractivity contribution in [3.05, 3.63) is 33.3 Å². The monoisotopic (exact) mass is 273 g/mol. The van der Waals surface area contributed by atoms with Crippen LogP contribution < -0.4 is 5.73 Å². The average molecular weight is 275 g/mol. The molecular weight excluding hydrogens is 261 g/mol. The van der Waals surface area contributed by atoms with Gasteiger partial charge in [-0.2, -0.15) is 0 Å². The van der Waals surface area contributed by atoms with E-state index in [-0.39, 0.29) is 11.5 Å². The van der Waals surface area contributed by atoms with Crippen molar-refractivity contribution in [2.75, 3.05) is 0 Å². The first-order chi connectivity index (χ1) is 6.56. The molecule has 1 aromatic carbocycles. The highest BCUT2D eigenvalue weighted by Gasteiger charge is 2.48. The van der Waals surface area contributed by atoms with Gasteiger partial charge >= 0.3 is 0 Å². The van der Waals surface area contributed by atoms with E-state index in [1.807, 2.05) is 12.1 Å². The van der Waals surface area contributed by atoms with Crippen LogP contribution in [0, 0.1) is 0 Å². The summed E-state index contributed by atoms with van der Waals surface area (Å²) in [6, 6.07) is 6.17. The van der Waals surface area contributed by atoms with Crippen molar-refractivity contribution in [3.8, 4) is 0 Å². The van der Waals surface area contributed by atoms with Gasteiger partial charge in [0, 0.05) is 21.0 Å². The maximum atomic E-state index is 6.02. The van der Waals surface area contributed by atoms with Crippen molar-refractivity contribution < 1.29 is 0 Å². The third kappa shape index (κ3) is 1.60. The number of nitrogens with two attached hydrogens (primary N) is 1. The van der Waals surface area contributed by atoms with E-state index in [9.17, 15) is 0 Å². The van der Waals surface area contributed by atoms with Crippen LogP contribution in [0.3, 0.4) is 0 Å². The Hall–Kier alpha value is -0.0500. The summed E-state index contributed by atoms with van der Waals surface area (Å²) >= 11 is 9.46. The van der Waals surface area contributed by atoms with Gasteiger partial charge in [-0.15, -0.1) is 0 Å². The molecule has 2 rings (SSSR count). The van der Waals surface area contributed by atoms with Gasteiger partial charge in [-0.05, 0) is 37.5 Å². The van der Waals surface area contributed by atoms with Gasteiger partial charge in [0.05, 0.1) is 0 Å². The van der Waals surface area contributed by atoms with E-state index in [2.05, 4.69) is 28.9 Å². The Labute approximate surface area is 97.8 Å². The molecule has 14 heavy (non-hydrogen) atoms. The van der Waals surface area contributed by atoms with Crippen LogP contribution in [0.2, 0.25) is 5.02 Å². The van der Waals surface area contributed by atoms with Gasteiger partial charge in [-0.3, -0.25) is 0 Å². The fourth-order valence-corrected chi connectivity index (χ4v) is 3.08. The van der Waals surface area contributed by atoms with Gasteiger partial charge in [-0.25, -0.2) is 0 Å². The molecule has 0 saturated heterocycles. The lowest BCUT2D eigenvalue weighted by Gasteiger charge is -2.21. The summed E-state index contributed by atoms with van der Waals surface area (Å²) < 4.78 is 1.08. The molecule has 1 atom stereocenters. The molecule has 0 radical (unpaired) electrons. The molecule has 2 N–H and O–H groups in total. The van der Waals surface area contributed by atoms with Gasteiger partial charge in [0.25, 0.3) is 0 Å². The Bertz CT molecular complexity index is 358. The number of benzene rings is 1. The summed E-state index contributed by atoms with van der Waals surface area (Å²) in [5.41, 5.74) is 7.52. The predicted molar refractivity (Wildman–Crippen MR) is 63.7 cm³/mol. The van der Waals surface area contributed by atoms with Crippen LogP contribution in [0.4, 0.5) is 0 Å². The zero-order valence-corrected chi connectivity index (χ0v) is 10.4. The second kappa shape index (κ2) is 3.51. The van der Waals surface area contributed by atoms with Crippen molar-refractivity contribution in [1.82, 2.24) is 0 Å². The van der Waals surface area contributed by atoms with Gasteiger partial charge in [0.1, 0.15) is 0 Å². The Balaban J connectivity index is 2.42. The van der Waals surface area contributed by atoms with Crippen molar-refractivity contribution in [3.63, 3.8) is 0 Å². The molecule has 1 aliphatic carbocycles. The van der Waals surface area contributed by atoms with E-state index in [1.54, 1.807) is 0 Å². The number of hydrogen-bond donors (Lipinski definition) is 1. The first kappa shape index (κ1) is 10.5. The molecule has 1 fully saturated rings. The second-order valence-corrected chi connectivity index (χ2v) is 5.36. The Morgan fingerprint density at radius 2 is 2.14 bits per heavy atom. The third-order valence-electron chi connectivity index (χ3n) is 3.13. The van der Waals surface area contributed by atoms with E-state index in [0.717, 1.165) is 9.50 Å². The highest BCUT2D eigenvalue weighted by atomic mass is 79.9. The van der Waals surface area contributed by atoms with Crippen molar-refractivity contribution >= 4 is 27.5 Å². The molecule has 3 heteroatoms. The summed E-state index contributed by atoms with van der Waals surface area (Å²) in [6.45, 7) is 2.08. The van der Waals surface area contributed by atoms with E-state index in [0.29, 0.717) is 0 Å². The number of rotatable bonds is 2. The Morgan fingerprint density at radius 3 is 2.57 bits per heavy atom. The van der Waals surface area contributed by atoms with Crippen LogP contribution >= 0.6 is 27.5 Å². The fraction of sp³-hybridized carbons (Fsp3) is 0.455. The lowest BCUT2D eigenvalue weighted by Crippen LogP contribution is -2.31.